The van der Waals surface area contributed by atoms with Gasteiger partial charge in [0.15, 0.2) is 0 Å². The monoisotopic (exact) mass is 218 g/mol. The average Bonchev–Trinajstić information content (AvgIpc) is 2.26. The van der Waals surface area contributed by atoms with Gasteiger partial charge in [-0.05, 0) is 25.5 Å². The molecule has 1 aromatic rings. The fraction of sp³-hybridized carbons (Fsp3) is 0.333. The molecule has 0 unspecified atom stereocenters. The van der Waals surface area contributed by atoms with Crippen LogP contribution >= 0.6 is 0 Å². The SMILES string of the molecule is CC#CCCNc1ccc(C)cc1[N+](=O)[O-]. The van der Waals surface area contributed by atoms with E-state index >= 15 is 0 Å². The van der Waals surface area contributed by atoms with E-state index in [0.29, 0.717) is 18.7 Å². The Kier molecular flexibility index (Phi) is 4.34. The van der Waals surface area contributed by atoms with Crippen molar-refractivity contribution in [2.45, 2.75) is 20.3 Å². The highest BCUT2D eigenvalue weighted by Crippen LogP contribution is 2.24. The lowest BCUT2D eigenvalue weighted by Crippen LogP contribution is -2.03. The molecule has 0 aliphatic carbocycles. The molecule has 0 saturated carbocycles. The Balaban J connectivity index is 2.77. The van der Waals surface area contributed by atoms with Gasteiger partial charge in [0.2, 0.25) is 0 Å². The molecule has 0 radical (unpaired) electrons. The number of benzene rings is 1. The number of nitrogens with one attached hydrogen (secondary N) is 1. The van der Waals surface area contributed by atoms with E-state index in [1.807, 2.05) is 13.0 Å². The molecule has 0 spiro atoms. The minimum absolute atomic E-state index is 0.115. The van der Waals surface area contributed by atoms with Crippen molar-refractivity contribution in [1.82, 2.24) is 0 Å². The Labute approximate surface area is 94.8 Å². The van der Waals surface area contributed by atoms with Gasteiger partial charge in [-0.25, -0.2) is 0 Å². The van der Waals surface area contributed by atoms with Gasteiger partial charge in [-0.3, -0.25) is 10.1 Å². The predicted octanol–water partition coefficient (Wildman–Crippen LogP) is 2.73. The van der Waals surface area contributed by atoms with Crippen LogP contribution in [0.1, 0.15) is 18.9 Å². The first-order chi connectivity index (χ1) is 7.65. The Hall–Kier alpha value is -2.02. The van der Waals surface area contributed by atoms with Gasteiger partial charge < -0.3 is 5.32 Å². The topological polar surface area (TPSA) is 55.2 Å². The number of hydrogen-bond acceptors (Lipinski definition) is 3. The van der Waals surface area contributed by atoms with Gasteiger partial charge in [0.1, 0.15) is 5.69 Å². The zero-order valence-electron chi connectivity index (χ0n) is 9.41. The number of rotatable bonds is 4. The van der Waals surface area contributed by atoms with Crippen LogP contribution in [-0.2, 0) is 0 Å². The van der Waals surface area contributed by atoms with E-state index < -0.39 is 0 Å². The number of nitro benzene ring substituents is 1. The summed E-state index contributed by atoms with van der Waals surface area (Å²) in [5.41, 5.74) is 1.54. The van der Waals surface area contributed by atoms with Gasteiger partial charge in [0.25, 0.3) is 5.69 Å². The van der Waals surface area contributed by atoms with Crippen molar-refractivity contribution in [2.24, 2.45) is 0 Å². The maximum atomic E-state index is 10.8. The fourth-order valence-electron chi connectivity index (χ4n) is 1.33. The lowest BCUT2D eigenvalue weighted by molar-refractivity contribution is -0.384. The van der Waals surface area contributed by atoms with Gasteiger partial charge in [-0.2, -0.15) is 0 Å². The first kappa shape index (κ1) is 12.1. The molecule has 0 bridgehead atoms. The molecular weight excluding hydrogens is 204 g/mol. The molecule has 1 aromatic carbocycles. The maximum Gasteiger partial charge on any atom is 0.292 e. The summed E-state index contributed by atoms with van der Waals surface area (Å²) in [6, 6.07) is 5.14. The molecule has 0 fully saturated rings. The first-order valence-electron chi connectivity index (χ1n) is 5.03. The lowest BCUT2D eigenvalue weighted by Gasteiger charge is -2.05. The van der Waals surface area contributed by atoms with Gasteiger partial charge in [-0.1, -0.05) is 6.07 Å². The Morgan fingerprint density at radius 2 is 2.25 bits per heavy atom. The number of nitrogens with zero attached hydrogens (tertiary/aromatic N) is 1. The van der Waals surface area contributed by atoms with Crippen molar-refractivity contribution < 1.29 is 4.92 Å². The fourth-order valence-corrected chi connectivity index (χ4v) is 1.33. The number of hydrogen-bond donors (Lipinski definition) is 1. The zero-order valence-corrected chi connectivity index (χ0v) is 9.41. The van der Waals surface area contributed by atoms with Crippen LogP contribution in [0.4, 0.5) is 11.4 Å². The normalized spacial score (nSPS) is 9.12. The van der Waals surface area contributed by atoms with Crippen LogP contribution in [0, 0.1) is 28.9 Å². The maximum absolute atomic E-state index is 10.8. The molecule has 84 valence electrons. The molecule has 1 N–H and O–H groups in total. The van der Waals surface area contributed by atoms with E-state index in [9.17, 15) is 10.1 Å². The summed E-state index contributed by atoms with van der Waals surface area (Å²) in [4.78, 5) is 10.4. The second-order valence-electron chi connectivity index (χ2n) is 3.38. The van der Waals surface area contributed by atoms with Crippen molar-refractivity contribution >= 4 is 11.4 Å². The molecule has 0 heterocycles. The molecule has 4 heteroatoms. The molecular formula is C12H14N2O2. The van der Waals surface area contributed by atoms with Crippen LogP contribution in [0.5, 0.6) is 0 Å². The third-order valence-corrected chi connectivity index (χ3v) is 2.09. The lowest BCUT2D eigenvalue weighted by atomic mass is 10.2. The van der Waals surface area contributed by atoms with Gasteiger partial charge in [0, 0.05) is 19.0 Å². The molecule has 0 atom stereocenters. The predicted molar refractivity (Wildman–Crippen MR) is 64.4 cm³/mol. The first-order valence-corrected chi connectivity index (χ1v) is 5.03. The summed E-state index contributed by atoms with van der Waals surface area (Å²) >= 11 is 0. The minimum atomic E-state index is -0.374. The van der Waals surface area contributed by atoms with Gasteiger partial charge >= 0.3 is 0 Å². The van der Waals surface area contributed by atoms with Crippen molar-refractivity contribution in [2.75, 3.05) is 11.9 Å². The van der Waals surface area contributed by atoms with E-state index in [2.05, 4.69) is 17.2 Å². The van der Waals surface area contributed by atoms with E-state index in [0.717, 1.165) is 5.56 Å². The Morgan fingerprint density at radius 3 is 2.88 bits per heavy atom. The van der Waals surface area contributed by atoms with E-state index in [4.69, 9.17) is 0 Å². The largest absolute Gasteiger partial charge is 0.379 e. The average molecular weight is 218 g/mol. The van der Waals surface area contributed by atoms with Crippen LogP contribution in [-0.4, -0.2) is 11.5 Å². The highest BCUT2D eigenvalue weighted by atomic mass is 16.6. The summed E-state index contributed by atoms with van der Waals surface area (Å²) < 4.78 is 0. The van der Waals surface area contributed by atoms with Crippen molar-refractivity contribution in [3.63, 3.8) is 0 Å². The Morgan fingerprint density at radius 1 is 1.50 bits per heavy atom. The molecule has 4 nitrogen and oxygen atoms in total. The number of nitro groups is 1. The van der Waals surface area contributed by atoms with Crippen LogP contribution in [0.2, 0.25) is 0 Å². The highest BCUT2D eigenvalue weighted by molar-refractivity contribution is 5.62. The van der Waals surface area contributed by atoms with Crippen LogP contribution < -0.4 is 5.32 Å². The second kappa shape index (κ2) is 5.76. The van der Waals surface area contributed by atoms with Crippen molar-refractivity contribution in [1.29, 1.82) is 0 Å². The van der Waals surface area contributed by atoms with E-state index in [-0.39, 0.29) is 10.6 Å². The van der Waals surface area contributed by atoms with E-state index in [1.165, 1.54) is 0 Å². The molecule has 0 saturated heterocycles. The summed E-state index contributed by atoms with van der Waals surface area (Å²) in [5.74, 6) is 5.67. The molecule has 1 rings (SSSR count). The van der Waals surface area contributed by atoms with Crippen molar-refractivity contribution in [3.8, 4) is 11.8 Å². The highest BCUT2D eigenvalue weighted by Gasteiger charge is 2.12. The molecule has 0 aliphatic heterocycles. The summed E-state index contributed by atoms with van der Waals surface area (Å²) in [6.07, 6.45) is 0.682. The second-order valence-corrected chi connectivity index (χ2v) is 3.38. The third kappa shape index (κ3) is 3.28. The van der Waals surface area contributed by atoms with Crippen molar-refractivity contribution in [3.05, 3.63) is 33.9 Å². The number of aryl methyl sites for hydroxylation is 1. The molecule has 16 heavy (non-hydrogen) atoms. The molecule has 0 aliphatic rings. The quantitative estimate of drug-likeness (QED) is 0.366. The standard InChI is InChI=1S/C12H14N2O2/c1-3-4-5-8-13-11-7-6-10(2)9-12(11)14(15)16/h6-7,9,13H,5,8H2,1-2H3. The molecule has 0 amide bonds. The number of anilines is 1. The summed E-state index contributed by atoms with van der Waals surface area (Å²) in [7, 11) is 0. The van der Waals surface area contributed by atoms with Crippen LogP contribution in [0.3, 0.4) is 0 Å². The zero-order chi connectivity index (χ0) is 12.0. The van der Waals surface area contributed by atoms with E-state index in [1.54, 1.807) is 19.1 Å². The van der Waals surface area contributed by atoms with Crippen LogP contribution in [0.25, 0.3) is 0 Å². The summed E-state index contributed by atoms with van der Waals surface area (Å²) in [6.45, 7) is 4.22. The van der Waals surface area contributed by atoms with Gasteiger partial charge in [0.05, 0.1) is 4.92 Å². The third-order valence-electron chi connectivity index (χ3n) is 2.09. The molecule has 0 aromatic heterocycles. The van der Waals surface area contributed by atoms with Crippen LogP contribution in [0.15, 0.2) is 18.2 Å². The van der Waals surface area contributed by atoms with Gasteiger partial charge in [-0.15, -0.1) is 11.8 Å². The summed E-state index contributed by atoms with van der Waals surface area (Å²) in [5, 5.41) is 13.8. The smallest absolute Gasteiger partial charge is 0.292 e. The Bertz CT molecular complexity index is 444. The minimum Gasteiger partial charge on any atom is -0.379 e.